The number of furan rings is 1. The van der Waals surface area contributed by atoms with Crippen molar-refractivity contribution < 1.29 is 4.42 Å². The molecule has 0 unspecified atom stereocenters. The summed E-state index contributed by atoms with van der Waals surface area (Å²) in [5, 5.41) is 7.23. The van der Waals surface area contributed by atoms with Crippen LogP contribution in [0, 0.1) is 0 Å². The van der Waals surface area contributed by atoms with Crippen LogP contribution in [-0.4, -0.2) is 0 Å². The minimum atomic E-state index is 0.875. The van der Waals surface area contributed by atoms with E-state index in [2.05, 4.69) is 175 Å². The third kappa shape index (κ3) is 4.47. The van der Waals surface area contributed by atoms with Gasteiger partial charge in [0.1, 0.15) is 5.58 Å². The van der Waals surface area contributed by atoms with Gasteiger partial charge in [-0.3, -0.25) is 0 Å². The highest BCUT2D eigenvalue weighted by Crippen LogP contribution is 2.50. The van der Waals surface area contributed by atoms with Gasteiger partial charge in [0.05, 0.1) is 11.4 Å². The molecule has 10 rings (SSSR count). The summed E-state index contributed by atoms with van der Waals surface area (Å²) in [6, 6.07) is 63.1. The Bertz CT molecular complexity index is 2810. The Morgan fingerprint density at radius 3 is 1.86 bits per heavy atom. The Morgan fingerprint density at radius 1 is 0.429 bits per heavy atom. The van der Waals surface area contributed by atoms with Crippen LogP contribution in [0.25, 0.3) is 75.1 Å². The van der Waals surface area contributed by atoms with Crippen LogP contribution >= 0.6 is 11.3 Å². The molecule has 0 radical (unpaired) electrons. The fraction of sp³-hybridized carbons (Fsp3) is 0. The first kappa shape index (κ1) is 27.9. The maximum atomic E-state index is 6.69. The second-order valence-corrected chi connectivity index (χ2v) is 13.5. The summed E-state index contributed by atoms with van der Waals surface area (Å²) < 4.78 is 9.29. The molecule has 0 aliphatic carbocycles. The number of para-hydroxylation sites is 2. The van der Waals surface area contributed by atoms with Crippen molar-refractivity contribution in [1.82, 2.24) is 0 Å². The van der Waals surface area contributed by atoms with E-state index < -0.39 is 0 Å². The second kappa shape index (κ2) is 11.2. The van der Waals surface area contributed by atoms with Gasteiger partial charge in [0.25, 0.3) is 0 Å². The molecule has 0 atom stereocenters. The Morgan fingerprint density at radius 2 is 1.06 bits per heavy atom. The molecule has 0 N–H and O–H groups in total. The van der Waals surface area contributed by atoms with E-state index in [-0.39, 0.29) is 0 Å². The van der Waals surface area contributed by atoms with Crippen molar-refractivity contribution in [2.24, 2.45) is 0 Å². The van der Waals surface area contributed by atoms with Gasteiger partial charge in [-0.05, 0) is 58.7 Å². The lowest BCUT2D eigenvalue weighted by molar-refractivity contribution is 0.669. The predicted molar refractivity (Wildman–Crippen MR) is 210 cm³/mol. The molecule has 0 spiro atoms. The maximum Gasteiger partial charge on any atom is 0.159 e. The molecule has 230 valence electrons. The van der Waals surface area contributed by atoms with Gasteiger partial charge in [-0.1, -0.05) is 140 Å². The van der Waals surface area contributed by atoms with Crippen LogP contribution in [-0.2, 0) is 0 Å². The third-order valence-corrected chi connectivity index (χ3v) is 10.9. The van der Waals surface area contributed by atoms with Crippen LogP contribution in [0.3, 0.4) is 0 Å². The zero-order valence-corrected chi connectivity index (χ0v) is 27.3. The average molecular weight is 644 g/mol. The van der Waals surface area contributed by atoms with Gasteiger partial charge in [-0.2, -0.15) is 0 Å². The molecule has 0 aliphatic heterocycles. The first-order chi connectivity index (χ1) is 24.3. The topological polar surface area (TPSA) is 16.4 Å². The summed E-state index contributed by atoms with van der Waals surface area (Å²) in [6.07, 6.45) is 0. The van der Waals surface area contributed by atoms with E-state index in [9.17, 15) is 0 Å². The van der Waals surface area contributed by atoms with E-state index in [1.165, 1.54) is 53.2 Å². The summed E-state index contributed by atoms with van der Waals surface area (Å²) in [4.78, 5) is 2.40. The van der Waals surface area contributed by atoms with Crippen LogP contribution in [0.2, 0.25) is 0 Å². The minimum absolute atomic E-state index is 0.875. The lowest BCUT2D eigenvalue weighted by Gasteiger charge is -2.27. The van der Waals surface area contributed by atoms with Crippen molar-refractivity contribution >= 4 is 81.3 Å². The molecule has 2 aromatic heterocycles. The van der Waals surface area contributed by atoms with Crippen molar-refractivity contribution in [3.8, 4) is 22.3 Å². The Kier molecular flexibility index (Phi) is 6.39. The standard InChI is InChI=1S/C46H29NOS/c1-3-13-30(14-4-1)31-25-27-33(28-26-31)47(40-22-11-21-37-36-18-9-10-23-42(36)48-45(37)40)41-29-39-44-34(32-15-5-2-6-16-32)20-12-24-43(44)49-46(39)38-19-8-7-17-35(38)41/h1-29H. The molecule has 3 heteroatoms. The van der Waals surface area contributed by atoms with Gasteiger partial charge in [0, 0.05) is 47.4 Å². The molecule has 2 heterocycles. The van der Waals surface area contributed by atoms with E-state index in [4.69, 9.17) is 4.42 Å². The zero-order chi connectivity index (χ0) is 32.3. The molecular weight excluding hydrogens is 615 g/mol. The van der Waals surface area contributed by atoms with E-state index in [0.29, 0.717) is 0 Å². The van der Waals surface area contributed by atoms with Crippen molar-refractivity contribution in [3.05, 3.63) is 176 Å². The maximum absolute atomic E-state index is 6.69. The highest BCUT2D eigenvalue weighted by molar-refractivity contribution is 7.26. The van der Waals surface area contributed by atoms with E-state index in [0.717, 1.165) is 39.0 Å². The summed E-state index contributed by atoms with van der Waals surface area (Å²) >= 11 is 1.88. The van der Waals surface area contributed by atoms with Crippen LogP contribution in [0.1, 0.15) is 0 Å². The second-order valence-electron chi connectivity index (χ2n) is 12.5. The van der Waals surface area contributed by atoms with Crippen LogP contribution in [0.4, 0.5) is 17.1 Å². The average Bonchev–Trinajstić information content (AvgIpc) is 3.75. The quantitative estimate of drug-likeness (QED) is 0.186. The third-order valence-electron chi connectivity index (χ3n) is 9.66. The van der Waals surface area contributed by atoms with Crippen LogP contribution < -0.4 is 4.90 Å². The largest absolute Gasteiger partial charge is 0.454 e. The van der Waals surface area contributed by atoms with Crippen LogP contribution in [0.5, 0.6) is 0 Å². The summed E-state index contributed by atoms with van der Waals surface area (Å²) in [6.45, 7) is 0. The van der Waals surface area contributed by atoms with E-state index in [1.54, 1.807) is 0 Å². The molecule has 0 fully saturated rings. The van der Waals surface area contributed by atoms with Gasteiger partial charge < -0.3 is 9.32 Å². The van der Waals surface area contributed by atoms with Gasteiger partial charge >= 0.3 is 0 Å². The lowest BCUT2D eigenvalue weighted by Crippen LogP contribution is -2.11. The Hall–Kier alpha value is -6.16. The fourth-order valence-electron chi connectivity index (χ4n) is 7.42. The molecule has 10 aromatic rings. The number of hydrogen-bond donors (Lipinski definition) is 0. The number of rotatable bonds is 5. The van der Waals surface area contributed by atoms with Crippen molar-refractivity contribution in [2.45, 2.75) is 0 Å². The first-order valence-corrected chi connectivity index (χ1v) is 17.4. The molecule has 8 aromatic carbocycles. The fourth-order valence-corrected chi connectivity index (χ4v) is 8.67. The predicted octanol–water partition coefficient (Wildman–Crippen LogP) is 13.9. The Balaban J connectivity index is 1.30. The molecule has 49 heavy (non-hydrogen) atoms. The number of thiophene rings is 1. The molecule has 0 aliphatic rings. The molecular formula is C46H29NOS. The van der Waals surface area contributed by atoms with E-state index >= 15 is 0 Å². The zero-order valence-electron chi connectivity index (χ0n) is 26.5. The van der Waals surface area contributed by atoms with Gasteiger partial charge in [0.15, 0.2) is 5.58 Å². The number of fused-ring (bicyclic) bond motifs is 8. The molecule has 0 saturated carbocycles. The van der Waals surface area contributed by atoms with Crippen molar-refractivity contribution in [1.29, 1.82) is 0 Å². The number of anilines is 3. The summed E-state index contributed by atoms with van der Waals surface area (Å²) in [5.74, 6) is 0. The van der Waals surface area contributed by atoms with Gasteiger partial charge in [-0.15, -0.1) is 11.3 Å². The molecule has 2 nitrogen and oxygen atoms in total. The van der Waals surface area contributed by atoms with Crippen LogP contribution in [0.15, 0.2) is 180 Å². The van der Waals surface area contributed by atoms with Crippen molar-refractivity contribution in [3.63, 3.8) is 0 Å². The van der Waals surface area contributed by atoms with Gasteiger partial charge in [0.2, 0.25) is 0 Å². The monoisotopic (exact) mass is 643 g/mol. The molecule has 0 amide bonds. The summed E-state index contributed by atoms with van der Waals surface area (Å²) in [5.41, 5.74) is 9.82. The summed E-state index contributed by atoms with van der Waals surface area (Å²) in [7, 11) is 0. The highest BCUT2D eigenvalue weighted by Gasteiger charge is 2.23. The highest BCUT2D eigenvalue weighted by atomic mass is 32.1. The smallest absolute Gasteiger partial charge is 0.159 e. The SMILES string of the molecule is c1ccc(-c2ccc(N(c3cc4c(sc5cccc(-c6ccccc6)c54)c4ccccc34)c3cccc4c3oc3ccccc34)cc2)cc1. The first-order valence-electron chi connectivity index (χ1n) is 16.6. The van der Waals surface area contributed by atoms with Crippen molar-refractivity contribution in [2.75, 3.05) is 4.90 Å². The normalized spacial score (nSPS) is 11.7. The minimum Gasteiger partial charge on any atom is -0.454 e. The number of benzene rings is 8. The Labute approximate surface area is 287 Å². The van der Waals surface area contributed by atoms with E-state index in [1.807, 2.05) is 17.4 Å². The number of hydrogen-bond acceptors (Lipinski definition) is 3. The van der Waals surface area contributed by atoms with Gasteiger partial charge in [-0.25, -0.2) is 0 Å². The molecule has 0 bridgehead atoms. The lowest BCUT2D eigenvalue weighted by atomic mass is 9.97. The molecule has 0 saturated heterocycles. The number of nitrogens with zero attached hydrogens (tertiary/aromatic N) is 1.